The number of Topliss-reactive ketones (excluding diaryl/α,β-unsaturated/α-hetero) is 1. The number of halogens is 2. The van der Waals surface area contributed by atoms with Crippen molar-refractivity contribution < 1.29 is 13.6 Å². The highest BCUT2D eigenvalue weighted by atomic mass is 19.3. The van der Waals surface area contributed by atoms with Crippen molar-refractivity contribution in [2.75, 3.05) is 19.6 Å². The molecule has 30 heavy (non-hydrogen) atoms. The number of carbonyl (C=O) groups excluding carboxylic acids is 1. The first kappa shape index (κ1) is 18.8. The minimum absolute atomic E-state index is 0.0341. The lowest BCUT2D eigenvalue weighted by atomic mass is 10.0. The van der Waals surface area contributed by atoms with Crippen LogP contribution >= 0.6 is 0 Å². The van der Waals surface area contributed by atoms with Crippen LogP contribution in [0.4, 0.5) is 8.78 Å². The SMILES string of the molecule is Cn1ncc2cc(Cc3[nH]nc4ncc(C(=O)CN5CCC(F)(F)C5)cc34)ccc21. The van der Waals surface area contributed by atoms with Crippen LogP contribution in [0.1, 0.15) is 28.0 Å². The van der Waals surface area contributed by atoms with Crippen molar-refractivity contribution in [3.8, 4) is 0 Å². The number of fused-ring (bicyclic) bond motifs is 2. The molecule has 0 saturated carbocycles. The van der Waals surface area contributed by atoms with Crippen molar-refractivity contribution in [1.82, 2.24) is 29.9 Å². The van der Waals surface area contributed by atoms with Gasteiger partial charge in [-0.05, 0) is 23.8 Å². The highest BCUT2D eigenvalue weighted by Gasteiger charge is 2.38. The van der Waals surface area contributed by atoms with Gasteiger partial charge in [-0.25, -0.2) is 13.8 Å². The molecular formula is C21H20F2N6O. The molecule has 9 heteroatoms. The van der Waals surface area contributed by atoms with E-state index in [4.69, 9.17) is 0 Å². The quantitative estimate of drug-likeness (QED) is 0.512. The van der Waals surface area contributed by atoms with E-state index in [-0.39, 0.29) is 31.8 Å². The number of hydrogen-bond acceptors (Lipinski definition) is 5. The topological polar surface area (TPSA) is 79.7 Å². The van der Waals surface area contributed by atoms with Gasteiger partial charge in [0, 0.05) is 54.7 Å². The number of nitrogens with zero attached hydrogens (tertiary/aromatic N) is 5. The summed E-state index contributed by atoms with van der Waals surface area (Å²) in [5.41, 5.74) is 3.91. The van der Waals surface area contributed by atoms with Crippen LogP contribution in [0.15, 0.2) is 36.7 Å². The van der Waals surface area contributed by atoms with E-state index in [0.717, 1.165) is 27.5 Å². The molecule has 7 nitrogen and oxygen atoms in total. The summed E-state index contributed by atoms with van der Waals surface area (Å²) in [4.78, 5) is 18.4. The Bertz CT molecular complexity index is 1260. The van der Waals surface area contributed by atoms with E-state index >= 15 is 0 Å². The number of pyridine rings is 1. The maximum Gasteiger partial charge on any atom is 0.261 e. The zero-order chi connectivity index (χ0) is 20.9. The zero-order valence-electron chi connectivity index (χ0n) is 16.4. The fraction of sp³-hybridized carbons (Fsp3) is 0.333. The van der Waals surface area contributed by atoms with Gasteiger partial charge in [-0.1, -0.05) is 6.07 Å². The second kappa shape index (κ2) is 6.94. The molecule has 4 aromatic rings. The first-order chi connectivity index (χ1) is 14.4. The van der Waals surface area contributed by atoms with Gasteiger partial charge in [-0.2, -0.15) is 10.2 Å². The molecule has 4 heterocycles. The Labute approximate surface area is 170 Å². The predicted molar refractivity (Wildman–Crippen MR) is 108 cm³/mol. The van der Waals surface area contributed by atoms with Gasteiger partial charge in [0.1, 0.15) is 0 Å². The molecule has 0 radical (unpaired) electrons. The van der Waals surface area contributed by atoms with Crippen molar-refractivity contribution >= 4 is 27.7 Å². The van der Waals surface area contributed by atoms with E-state index in [1.165, 1.54) is 11.1 Å². The van der Waals surface area contributed by atoms with Crippen LogP contribution in [0.5, 0.6) is 0 Å². The summed E-state index contributed by atoms with van der Waals surface area (Å²) in [6.45, 7) is -0.183. The average molecular weight is 410 g/mol. The molecule has 154 valence electrons. The van der Waals surface area contributed by atoms with Crippen LogP contribution in [-0.4, -0.2) is 61.2 Å². The van der Waals surface area contributed by atoms with Gasteiger partial charge in [0.25, 0.3) is 5.92 Å². The lowest BCUT2D eigenvalue weighted by molar-refractivity contribution is 0.0127. The molecule has 0 atom stereocenters. The van der Waals surface area contributed by atoms with Gasteiger partial charge in [-0.3, -0.25) is 19.5 Å². The molecule has 1 saturated heterocycles. The van der Waals surface area contributed by atoms with E-state index in [1.807, 2.05) is 30.1 Å². The van der Waals surface area contributed by atoms with Gasteiger partial charge < -0.3 is 0 Å². The number of nitrogens with one attached hydrogen (secondary N) is 1. The maximum absolute atomic E-state index is 13.4. The largest absolute Gasteiger partial charge is 0.293 e. The molecular weight excluding hydrogens is 390 g/mol. The Balaban J connectivity index is 1.39. The highest BCUT2D eigenvalue weighted by molar-refractivity contribution is 6.00. The van der Waals surface area contributed by atoms with Gasteiger partial charge in [0.05, 0.1) is 24.8 Å². The molecule has 0 aliphatic carbocycles. The van der Waals surface area contributed by atoms with E-state index in [0.29, 0.717) is 17.6 Å². The van der Waals surface area contributed by atoms with Gasteiger partial charge >= 0.3 is 0 Å². The van der Waals surface area contributed by atoms with Crippen LogP contribution < -0.4 is 0 Å². The lowest BCUT2D eigenvalue weighted by Gasteiger charge is -2.14. The molecule has 1 N–H and O–H groups in total. The Hall–Kier alpha value is -3.20. The summed E-state index contributed by atoms with van der Waals surface area (Å²) in [7, 11) is 1.90. The number of ketones is 1. The standard InChI is InChI=1S/C21H20F2N6O/c1-28-18-3-2-13(6-14(18)10-25-28)7-17-16-8-15(9-24-20(16)27-26-17)19(30)11-29-5-4-21(22,23)12-29/h2-3,6,8-10H,4-5,7,11-12H2,1H3,(H,24,26,27). The van der Waals surface area contributed by atoms with Crippen molar-refractivity contribution in [3.05, 3.63) is 53.5 Å². The number of aryl methyl sites for hydroxylation is 1. The lowest BCUT2D eigenvalue weighted by Crippen LogP contribution is -2.30. The van der Waals surface area contributed by atoms with Crippen LogP contribution in [0.2, 0.25) is 0 Å². The van der Waals surface area contributed by atoms with Crippen molar-refractivity contribution in [1.29, 1.82) is 0 Å². The third kappa shape index (κ3) is 3.45. The van der Waals surface area contributed by atoms with Crippen molar-refractivity contribution in [2.45, 2.75) is 18.8 Å². The summed E-state index contributed by atoms with van der Waals surface area (Å²) < 4.78 is 28.6. The number of aromatic amines is 1. The molecule has 1 aromatic carbocycles. The summed E-state index contributed by atoms with van der Waals surface area (Å²) in [5, 5.41) is 13.3. The number of alkyl halides is 2. The highest BCUT2D eigenvalue weighted by Crippen LogP contribution is 2.27. The molecule has 0 spiro atoms. The number of rotatable bonds is 5. The molecule has 1 aliphatic rings. The van der Waals surface area contributed by atoms with Crippen LogP contribution in [0.25, 0.3) is 21.9 Å². The van der Waals surface area contributed by atoms with Gasteiger partial charge in [0.15, 0.2) is 11.4 Å². The maximum atomic E-state index is 13.4. The van der Waals surface area contributed by atoms with E-state index in [1.54, 1.807) is 6.07 Å². The average Bonchev–Trinajstić information content (AvgIpc) is 3.39. The third-order valence-corrected chi connectivity index (χ3v) is 5.62. The number of carbonyl (C=O) groups is 1. The van der Waals surface area contributed by atoms with Crippen molar-refractivity contribution in [2.24, 2.45) is 7.05 Å². The first-order valence-electron chi connectivity index (χ1n) is 9.75. The summed E-state index contributed by atoms with van der Waals surface area (Å²) >= 11 is 0. The second-order valence-corrected chi connectivity index (χ2v) is 7.88. The zero-order valence-corrected chi connectivity index (χ0v) is 16.4. The van der Waals surface area contributed by atoms with Crippen LogP contribution in [-0.2, 0) is 13.5 Å². The number of likely N-dealkylation sites (tertiary alicyclic amines) is 1. The molecule has 5 rings (SSSR count). The molecule has 0 bridgehead atoms. The van der Waals surface area contributed by atoms with Crippen molar-refractivity contribution in [3.63, 3.8) is 0 Å². The second-order valence-electron chi connectivity index (χ2n) is 7.88. The normalized spacial score (nSPS) is 16.6. The van der Waals surface area contributed by atoms with Gasteiger partial charge in [-0.15, -0.1) is 0 Å². The monoisotopic (exact) mass is 410 g/mol. The number of aromatic nitrogens is 5. The molecule has 3 aromatic heterocycles. The van der Waals surface area contributed by atoms with E-state index < -0.39 is 5.92 Å². The fourth-order valence-electron chi connectivity index (χ4n) is 4.00. The first-order valence-corrected chi connectivity index (χ1v) is 9.75. The summed E-state index contributed by atoms with van der Waals surface area (Å²) in [6.07, 6.45) is 3.68. The Kier molecular flexibility index (Phi) is 4.35. The Morgan fingerprint density at radius 1 is 1.27 bits per heavy atom. The fourth-order valence-corrected chi connectivity index (χ4v) is 4.00. The molecule has 0 amide bonds. The minimum Gasteiger partial charge on any atom is -0.293 e. The third-order valence-electron chi connectivity index (χ3n) is 5.62. The Morgan fingerprint density at radius 3 is 2.93 bits per heavy atom. The van der Waals surface area contributed by atoms with E-state index in [9.17, 15) is 13.6 Å². The smallest absolute Gasteiger partial charge is 0.261 e. The molecule has 1 aliphatic heterocycles. The van der Waals surface area contributed by atoms with Crippen LogP contribution in [0, 0.1) is 0 Å². The summed E-state index contributed by atoms with van der Waals surface area (Å²) in [6, 6.07) is 7.88. The Morgan fingerprint density at radius 2 is 2.13 bits per heavy atom. The number of H-pyrrole nitrogens is 1. The summed E-state index contributed by atoms with van der Waals surface area (Å²) in [5.74, 6) is -2.93. The molecule has 0 unspecified atom stereocenters. The number of benzene rings is 1. The van der Waals surface area contributed by atoms with E-state index in [2.05, 4.69) is 26.3 Å². The minimum atomic E-state index is -2.71. The predicted octanol–water partition coefficient (Wildman–Crippen LogP) is 2.96. The van der Waals surface area contributed by atoms with Crippen LogP contribution in [0.3, 0.4) is 0 Å². The van der Waals surface area contributed by atoms with Gasteiger partial charge in [0.2, 0.25) is 0 Å². The molecule has 1 fully saturated rings. The number of hydrogen-bond donors (Lipinski definition) is 1.